The van der Waals surface area contributed by atoms with E-state index >= 15 is 0 Å². The van der Waals surface area contributed by atoms with Crippen molar-refractivity contribution in [3.63, 3.8) is 0 Å². The first kappa shape index (κ1) is 14.3. The Kier molecular flexibility index (Phi) is 3.71. The molecular formula is C18H26N2O2. The van der Waals surface area contributed by atoms with E-state index in [1.54, 1.807) is 0 Å². The van der Waals surface area contributed by atoms with Gasteiger partial charge in [-0.25, -0.2) is 0 Å². The summed E-state index contributed by atoms with van der Waals surface area (Å²) < 4.78 is 0. The quantitative estimate of drug-likeness (QED) is 0.812. The highest BCUT2D eigenvalue weighted by Gasteiger charge is 2.52. The zero-order valence-corrected chi connectivity index (χ0v) is 13.2. The molecule has 0 unspecified atom stereocenters. The van der Waals surface area contributed by atoms with Crippen molar-refractivity contribution in [2.75, 3.05) is 13.1 Å². The second-order valence-electron chi connectivity index (χ2n) is 7.52. The van der Waals surface area contributed by atoms with Crippen LogP contribution >= 0.6 is 0 Å². The Labute approximate surface area is 132 Å². The van der Waals surface area contributed by atoms with E-state index in [9.17, 15) is 9.59 Å². The number of likely N-dealkylation sites (tertiary alicyclic amines) is 1. The standard InChI is InChI=1S/C18H26N2O2/c21-17(19-14-5-1-2-6-14)15-12-7-8-13(11-12)16(15)18(22)20-9-3-4-10-20/h7-8,12-16H,1-6,9-11H2,(H,19,21)/t12-,13+,15+,16+/m1/s1. The number of amides is 2. The zero-order chi connectivity index (χ0) is 15.1. The lowest BCUT2D eigenvalue weighted by molar-refractivity contribution is -0.141. The predicted molar refractivity (Wildman–Crippen MR) is 83.9 cm³/mol. The molecule has 1 aliphatic heterocycles. The van der Waals surface area contributed by atoms with Gasteiger partial charge in [-0.1, -0.05) is 25.0 Å². The lowest BCUT2D eigenvalue weighted by Gasteiger charge is -2.30. The largest absolute Gasteiger partial charge is 0.353 e. The van der Waals surface area contributed by atoms with Crippen LogP contribution in [0.2, 0.25) is 0 Å². The molecule has 4 rings (SSSR count). The minimum atomic E-state index is -0.122. The molecule has 4 aliphatic rings. The summed E-state index contributed by atoms with van der Waals surface area (Å²) in [6.45, 7) is 1.76. The molecule has 0 aromatic carbocycles. The van der Waals surface area contributed by atoms with Gasteiger partial charge < -0.3 is 10.2 Å². The van der Waals surface area contributed by atoms with Gasteiger partial charge in [0.25, 0.3) is 0 Å². The molecule has 0 aromatic rings. The van der Waals surface area contributed by atoms with Gasteiger partial charge in [-0.2, -0.15) is 0 Å². The molecule has 0 aromatic heterocycles. The van der Waals surface area contributed by atoms with Gasteiger partial charge in [0.1, 0.15) is 0 Å². The third-order valence-corrected chi connectivity index (χ3v) is 6.17. The van der Waals surface area contributed by atoms with Gasteiger partial charge in [0, 0.05) is 19.1 Å². The van der Waals surface area contributed by atoms with Crippen LogP contribution in [0.25, 0.3) is 0 Å². The van der Waals surface area contributed by atoms with E-state index in [0.717, 1.165) is 45.2 Å². The molecule has 3 aliphatic carbocycles. The lowest BCUT2D eigenvalue weighted by Crippen LogP contribution is -2.46. The van der Waals surface area contributed by atoms with Gasteiger partial charge >= 0.3 is 0 Å². The molecule has 0 radical (unpaired) electrons. The fraction of sp³-hybridized carbons (Fsp3) is 0.778. The van der Waals surface area contributed by atoms with Crippen LogP contribution in [0.4, 0.5) is 0 Å². The fourth-order valence-electron chi connectivity index (χ4n) is 5.03. The predicted octanol–water partition coefficient (Wildman–Crippen LogP) is 2.11. The Morgan fingerprint density at radius 2 is 1.55 bits per heavy atom. The molecule has 4 nitrogen and oxygen atoms in total. The molecule has 22 heavy (non-hydrogen) atoms. The number of fused-ring (bicyclic) bond motifs is 2. The van der Waals surface area contributed by atoms with Crippen molar-refractivity contribution >= 4 is 11.8 Å². The number of rotatable bonds is 3. The smallest absolute Gasteiger partial charge is 0.227 e. The molecule has 2 amide bonds. The first-order valence-electron chi connectivity index (χ1n) is 9.01. The van der Waals surface area contributed by atoms with Crippen molar-refractivity contribution in [2.45, 2.75) is 51.0 Å². The van der Waals surface area contributed by atoms with Crippen molar-refractivity contribution < 1.29 is 9.59 Å². The summed E-state index contributed by atoms with van der Waals surface area (Å²) in [5, 5.41) is 3.24. The summed E-state index contributed by atoms with van der Waals surface area (Å²) >= 11 is 0. The molecule has 2 bridgehead atoms. The molecule has 2 saturated carbocycles. The molecular weight excluding hydrogens is 276 g/mol. The Hall–Kier alpha value is -1.32. The second kappa shape index (κ2) is 5.71. The van der Waals surface area contributed by atoms with Crippen LogP contribution in [0, 0.1) is 23.7 Å². The minimum Gasteiger partial charge on any atom is -0.353 e. The lowest BCUT2D eigenvalue weighted by atomic mass is 9.81. The van der Waals surface area contributed by atoms with Gasteiger partial charge in [0.05, 0.1) is 11.8 Å². The number of hydrogen-bond acceptors (Lipinski definition) is 2. The molecule has 120 valence electrons. The van der Waals surface area contributed by atoms with Gasteiger partial charge in [0.15, 0.2) is 0 Å². The van der Waals surface area contributed by atoms with E-state index in [0.29, 0.717) is 6.04 Å². The van der Waals surface area contributed by atoms with Gasteiger partial charge in [-0.05, 0) is 43.9 Å². The number of allylic oxidation sites excluding steroid dienone is 2. The Balaban J connectivity index is 1.49. The maximum absolute atomic E-state index is 12.9. The second-order valence-corrected chi connectivity index (χ2v) is 7.52. The topological polar surface area (TPSA) is 49.4 Å². The van der Waals surface area contributed by atoms with Crippen molar-refractivity contribution in [3.05, 3.63) is 12.2 Å². The maximum atomic E-state index is 12.9. The minimum absolute atomic E-state index is 0.102. The molecule has 1 N–H and O–H groups in total. The van der Waals surface area contributed by atoms with Crippen molar-refractivity contribution in [3.8, 4) is 0 Å². The molecule has 4 heteroatoms. The summed E-state index contributed by atoms with van der Waals surface area (Å²) in [5.41, 5.74) is 0. The van der Waals surface area contributed by atoms with Crippen LogP contribution < -0.4 is 5.32 Å². The monoisotopic (exact) mass is 302 g/mol. The van der Waals surface area contributed by atoms with Crippen LogP contribution in [0.3, 0.4) is 0 Å². The number of nitrogens with zero attached hydrogens (tertiary/aromatic N) is 1. The van der Waals surface area contributed by atoms with Crippen LogP contribution in [0.5, 0.6) is 0 Å². The fourth-order valence-corrected chi connectivity index (χ4v) is 5.03. The average Bonchev–Trinajstić information content (AvgIpc) is 3.27. The summed E-state index contributed by atoms with van der Waals surface area (Å²) in [7, 11) is 0. The van der Waals surface area contributed by atoms with Crippen LogP contribution in [-0.2, 0) is 9.59 Å². The summed E-state index contributed by atoms with van der Waals surface area (Å²) in [6, 6.07) is 0.346. The highest BCUT2D eigenvalue weighted by Crippen LogP contribution is 2.49. The van der Waals surface area contributed by atoms with E-state index < -0.39 is 0 Å². The molecule has 4 atom stereocenters. The summed E-state index contributed by atoms with van der Waals surface area (Å²) in [6.07, 6.45) is 12.2. The number of carbonyl (C=O) groups is 2. The summed E-state index contributed by atoms with van der Waals surface area (Å²) in [5.74, 6) is 0.723. The average molecular weight is 302 g/mol. The van der Waals surface area contributed by atoms with Crippen molar-refractivity contribution in [2.24, 2.45) is 23.7 Å². The Bertz CT molecular complexity index is 489. The maximum Gasteiger partial charge on any atom is 0.227 e. The van der Waals surface area contributed by atoms with Crippen molar-refractivity contribution in [1.82, 2.24) is 10.2 Å². The number of carbonyl (C=O) groups excluding carboxylic acids is 2. The number of nitrogens with one attached hydrogen (secondary N) is 1. The number of hydrogen-bond donors (Lipinski definition) is 1. The van der Waals surface area contributed by atoms with Gasteiger partial charge in [0.2, 0.25) is 11.8 Å². The Morgan fingerprint density at radius 3 is 2.23 bits per heavy atom. The van der Waals surface area contributed by atoms with E-state index in [1.807, 2.05) is 4.90 Å². The highest BCUT2D eigenvalue weighted by atomic mass is 16.2. The van der Waals surface area contributed by atoms with Gasteiger partial charge in [-0.15, -0.1) is 0 Å². The van der Waals surface area contributed by atoms with Crippen LogP contribution in [0.15, 0.2) is 12.2 Å². The third kappa shape index (κ3) is 2.37. The van der Waals surface area contributed by atoms with Crippen molar-refractivity contribution in [1.29, 1.82) is 0 Å². The molecule has 3 fully saturated rings. The van der Waals surface area contributed by atoms with E-state index in [-0.39, 0.29) is 35.5 Å². The van der Waals surface area contributed by atoms with Crippen LogP contribution in [0.1, 0.15) is 44.9 Å². The third-order valence-electron chi connectivity index (χ3n) is 6.17. The van der Waals surface area contributed by atoms with E-state index in [2.05, 4.69) is 17.5 Å². The van der Waals surface area contributed by atoms with Gasteiger partial charge in [-0.3, -0.25) is 9.59 Å². The first-order chi connectivity index (χ1) is 10.7. The summed E-state index contributed by atoms with van der Waals surface area (Å²) in [4.78, 5) is 27.7. The van der Waals surface area contributed by atoms with Crippen LogP contribution in [-0.4, -0.2) is 35.8 Å². The van der Waals surface area contributed by atoms with E-state index in [4.69, 9.17) is 0 Å². The Morgan fingerprint density at radius 1 is 0.909 bits per heavy atom. The molecule has 0 spiro atoms. The molecule has 1 saturated heterocycles. The first-order valence-corrected chi connectivity index (χ1v) is 9.01. The zero-order valence-electron chi connectivity index (χ0n) is 13.2. The molecule has 1 heterocycles. The SMILES string of the molecule is O=C(NC1CCCC1)[C@@H]1[C@@H](C(=O)N2CCCC2)[C@H]2C=C[C@@H]1C2. The van der Waals surface area contributed by atoms with E-state index in [1.165, 1.54) is 12.8 Å². The highest BCUT2D eigenvalue weighted by molar-refractivity contribution is 5.90. The normalized spacial score (nSPS) is 37.2.